The molecule has 0 heterocycles. The number of hydrogen-bond donors (Lipinski definition) is 1. The van der Waals surface area contributed by atoms with E-state index in [1.165, 1.54) is 6.07 Å². The third-order valence-corrected chi connectivity index (χ3v) is 3.15. The Morgan fingerprint density at radius 3 is 2.69 bits per heavy atom. The topological polar surface area (TPSA) is 29.3 Å². The Morgan fingerprint density at radius 2 is 2.19 bits per heavy atom. The van der Waals surface area contributed by atoms with Crippen LogP contribution in [0.2, 0.25) is 0 Å². The molecule has 90 valence electrons. The number of likely N-dealkylation sites (N-methyl/N-ethyl adjacent to an activating group) is 1. The average Bonchev–Trinajstić information content (AvgIpc) is 2.22. The Labute approximate surface area is 105 Å². The number of halogens is 2. The van der Waals surface area contributed by atoms with Crippen LogP contribution in [-0.4, -0.2) is 25.0 Å². The SMILES string of the molecule is CCCN(C)C(CN)c1ccc(Br)cc1F. The summed E-state index contributed by atoms with van der Waals surface area (Å²) in [5, 5.41) is 0. The molecule has 0 fully saturated rings. The van der Waals surface area contributed by atoms with E-state index in [9.17, 15) is 4.39 Å². The summed E-state index contributed by atoms with van der Waals surface area (Å²) in [5.41, 5.74) is 6.39. The van der Waals surface area contributed by atoms with Crippen molar-refractivity contribution in [1.82, 2.24) is 4.90 Å². The van der Waals surface area contributed by atoms with Crippen LogP contribution in [-0.2, 0) is 0 Å². The summed E-state index contributed by atoms with van der Waals surface area (Å²) in [6.45, 7) is 3.44. The van der Waals surface area contributed by atoms with Gasteiger partial charge in [0, 0.05) is 22.6 Å². The van der Waals surface area contributed by atoms with Crippen molar-refractivity contribution in [2.24, 2.45) is 5.73 Å². The van der Waals surface area contributed by atoms with Crippen molar-refractivity contribution in [3.63, 3.8) is 0 Å². The molecule has 0 aliphatic heterocycles. The molecule has 2 nitrogen and oxygen atoms in total. The van der Waals surface area contributed by atoms with Crippen molar-refractivity contribution in [3.05, 3.63) is 34.1 Å². The molecule has 0 amide bonds. The first-order chi connectivity index (χ1) is 7.60. The molecular weight excluding hydrogens is 271 g/mol. The van der Waals surface area contributed by atoms with Gasteiger partial charge in [-0.25, -0.2) is 4.39 Å². The fraction of sp³-hybridized carbons (Fsp3) is 0.500. The lowest BCUT2D eigenvalue weighted by Gasteiger charge is -2.27. The van der Waals surface area contributed by atoms with Crippen LogP contribution in [0.25, 0.3) is 0 Å². The van der Waals surface area contributed by atoms with Crippen molar-refractivity contribution in [2.75, 3.05) is 20.1 Å². The minimum absolute atomic E-state index is 0.0481. The van der Waals surface area contributed by atoms with Crippen molar-refractivity contribution >= 4 is 15.9 Å². The van der Waals surface area contributed by atoms with Crippen LogP contribution in [0.1, 0.15) is 24.9 Å². The summed E-state index contributed by atoms with van der Waals surface area (Å²) in [6.07, 6.45) is 1.03. The summed E-state index contributed by atoms with van der Waals surface area (Å²) in [6, 6.07) is 5.08. The van der Waals surface area contributed by atoms with Gasteiger partial charge in [0.1, 0.15) is 5.82 Å². The number of benzene rings is 1. The largest absolute Gasteiger partial charge is 0.329 e. The predicted molar refractivity (Wildman–Crippen MR) is 68.8 cm³/mol. The molecule has 1 atom stereocenters. The highest BCUT2D eigenvalue weighted by molar-refractivity contribution is 9.10. The van der Waals surface area contributed by atoms with Gasteiger partial charge in [-0.2, -0.15) is 0 Å². The van der Waals surface area contributed by atoms with Crippen LogP contribution in [0.5, 0.6) is 0 Å². The zero-order valence-electron chi connectivity index (χ0n) is 9.71. The molecule has 0 spiro atoms. The monoisotopic (exact) mass is 288 g/mol. The van der Waals surface area contributed by atoms with Gasteiger partial charge in [0.25, 0.3) is 0 Å². The third-order valence-electron chi connectivity index (χ3n) is 2.65. The van der Waals surface area contributed by atoms with Crippen LogP contribution in [0.4, 0.5) is 4.39 Å². The number of rotatable bonds is 5. The minimum Gasteiger partial charge on any atom is -0.329 e. The van der Waals surface area contributed by atoms with Crippen LogP contribution in [0.3, 0.4) is 0 Å². The van der Waals surface area contributed by atoms with Crippen molar-refractivity contribution in [2.45, 2.75) is 19.4 Å². The van der Waals surface area contributed by atoms with Crippen molar-refractivity contribution in [1.29, 1.82) is 0 Å². The fourth-order valence-electron chi connectivity index (χ4n) is 1.82. The molecule has 16 heavy (non-hydrogen) atoms. The normalized spacial score (nSPS) is 13.1. The van der Waals surface area contributed by atoms with E-state index >= 15 is 0 Å². The second-order valence-electron chi connectivity index (χ2n) is 3.90. The summed E-state index contributed by atoms with van der Waals surface area (Å²) >= 11 is 3.25. The summed E-state index contributed by atoms with van der Waals surface area (Å²) in [4.78, 5) is 2.09. The molecule has 0 saturated heterocycles. The Balaban J connectivity index is 2.94. The Kier molecular flexibility index (Phi) is 5.38. The first-order valence-electron chi connectivity index (χ1n) is 5.45. The molecule has 1 rings (SSSR count). The molecule has 1 aromatic rings. The Bertz CT molecular complexity index is 344. The second-order valence-corrected chi connectivity index (χ2v) is 4.81. The quantitative estimate of drug-likeness (QED) is 0.903. The molecule has 0 radical (unpaired) electrons. The van der Waals surface area contributed by atoms with E-state index in [0.29, 0.717) is 12.1 Å². The van der Waals surface area contributed by atoms with E-state index in [1.54, 1.807) is 6.07 Å². The highest BCUT2D eigenvalue weighted by Gasteiger charge is 2.18. The minimum atomic E-state index is -0.201. The molecule has 0 aromatic heterocycles. The van der Waals surface area contributed by atoms with Gasteiger partial charge in [-0.3, -0.25) is 4.90 Å². The average molecular weight is 289 g/mol. The zero-order chi connectivity index (χ0) is 12.1. The standard InChI is InChI=1S/C12H18BrFN2/c1-3-6-16(2)12(8-15)10-5-4-9(13)7-11(10)14/h4-5,7,12H,3,6,8,15H2,1-2H3. The molecule has 1 aromatic carbocycles. The number of nitrogens with zero attached hydrogens (tertiary/aromatic N) is 1. The highest BCUT2D eigenvalue weighted by Crippen LogP contribution is 2.24. The first-order valence-corrected chi connectivity index (χ1v) is 6.24. The van der Waals surface area contributed by atoms with E-state index < -0.39 is 0 Å². The van der Waals surface area contributed by atoms with Gasteiger partial charge in [0.05, 0.1) is 0 Å². The smallest absolute Gasteiger partial charge is 0.129 e. The molecule has 0 saturated carbocycles. The van der Waals surface area contributed by atoms with Crippen LogP contribution in [0, 0.1) is 5.82 Å². The van der Waals surface area contributed by atoms with E-state index in [1.807, 2.05) is 13.1 Å². The van der Waals surface area contributed by atoms with E-state index in [-0.39, 0.29) is 11.9 Å². The molecule has 4 heteroatoms. The van der Waals surface area contributed by atoms with Crippen LogP contribution >= 0.6 is 15.9 Å². The highest BCUT2D eigenvalue weighted by atomic mass is 79.9. The summed E-state index contributed by atoms with van der Waals surface area (Å²) in [7, 11) is 1.97. The van der Waals surface area contributed by atoms with Gasteiger partial charge in [-0.05, 0) is 32.1 Å². The van der Waals surface area contributed by atoms with Gasteiger partial charge in [0.2, 0.25) is 0 Å². The molecule has 2 N–H and O–H groups in total. The van der Waals surface area contributed by atoms with Crippen molar-refractivity contribution < 1.29 is 4.39 Å². The van der Waals surface area contributed by atoms with E-state index in [4.69, 9.17) is 5.73 Å². The fourth-order valence-corrected chi connectivity index (χ4v) is 2.16. The second kappa shape index (κ2) is 6.33. The van der Waals surface area contributed by atoms with E-state index in [2.05, 4.69) is 27.8 Å². The molecule has 1 unspecified atom stereocenters. The molecule has 0 aliphatic carbocycles. The lowest BCUT2D eigenvalue weighted by atomic mass is 10.0. The zero-order valence-corrected chi connectivity index (χ0v) is 11.3. The first kappa shape index (κ1) is 13.6. The Hall–Kier alpha value is -0.450. The summed E-state index contributed by atoms with van der Waals surface area (Å²) in [5.74, 6) is -0.201. The van der Waals surface area contributed by atoms with Crippen LogP contribution in [0.15, 0.2) is 22.7 Å². The number of hydrogen-bond acceptors (Lipinski definition) is 2. The number of nitrogens with two attached hydrogens (primary N) is 1. The van der Waals surface area contributed by atoms with Gasteiger partial charge in [-0.1, -0.05) is 28.9 Å². The van der Waals surface area contributed by atoms with Gasteiger partial charge >= 0.3 is 0 Å². The molecular formula is C12H18BrFN2. The van der Waals surface area contributed by atoms with Crippen LogP contribution < -0.4 is 5.73 Å². The van der Waals surface area contributed by atoms with E-state index in [0.717, 1.165) is 17.4 Å². The maximum Gasteiger partial charge on any atom is 0.129 e. The predicted octanol–water partition coefficient (Wildman–Crippen LogP) is 2.93. The van der Waals surface area contributed by atoms with Gasteiger partial charge in [0.15, 0.2) is 0 Å². The van der Waals surface area contributed by atoms with Gasteiger partial charge < -0.3 is 5.73 Å². The maximum absolute atomic E-state index is 13.8. The van der Waals surface area contributed by atoms with Crippen molar-refractivity contribution in [3.8, 4) is 0 Å². The third kappa shape index (κ3) is 3.27. The maximum atomic E-state index is 13.8. The summed E-state index contributed by atoms with van der Waals surface area (Å²) < 4.78 is 14.5. The lowest BCUT2D eigenvalue weighted by Crippen LogP contribution is -2.31. The molecule has 0 bridgehead atoms. The lowest BCUT2D eigenvalue weighted by molar-refractivity contribution is 0.245. The van der Waals surface area contributed by atoms with Gasteiger partial charge in [-0.15, -0.1) is 0 Å². The molecule has 0 aliphatic rings. The Morgan fingerprint density at radius 1 is 1.50 bits per heavy atom.